The lowest BCUT2D eigenvalue weighted by Crippen LogP contribution is -2.23. The van der Waals surface area contributed by atoms with Crippen molar-refractivity contribution in [3.63, 3.8) is 0 Å². The van der Waals surface area contributed by atoms with Crippen LogP contribution in [0.5, 0.6) is 0 Å². The summed E-state index contributed by atoms with van der Waals surface area (Å²) in [5.74, 6) is 0.223. The van der Waals surface area contributed by atoms with Crippen LogP contribution in [-0.2, 0) is 9.53 Å². The monoisotopic (exact) mass is 271 g/mol. The molecule has 0 fully saturated rings. The van der Waals surface area contributed by atoms with E-state index in [2.05, 4.69) is 10.3 Å². The molecule has 0 spiro atoms. The molecular weight excluding hydrogens is 254 g/mol. The Labute approximate surface area is 117 Å². The number of amides is 1. The number of hydrogen-bond donors (Lipinski definition) is 2. The van der Waals surface area contributed by atoms with Crippen LogP contribution in [0.15, 0.2) is 42.6 Å². The fourth-order valence-electron chi connectivity index (χ4n) is 1.93. The number of carbonyl (C=O) groups excluding carboxylic acids is 1. The molecule has 5 nitrogen and oxygen atoms in total. The van der Waals surface area contributed by atoms with Gasteiger partial charge in [0.2, 0.25) is 0 Å². The van der Waals surface area contributed by atoms with Crippen LogP contribution in [0.3, 0.4) is 0 Å². The van der Waals surface area contributed by atoms with E-state index in [1.54, 1.807) is 6.07 Å². The summed E-state index contributed by atoms with van der Waals surface area (Å²) in [5, 5.41) is 2.76. The summed E-state index contributed by atoms with van der Waals surface area (Å²) in [4.78, 5) is 16.4. The first kappa shape index (κ1) is 14.0. The maximum Gasteiger partial charge on any atom is 0.259 e. The van der Waals surface area contributed by atoms with Crippen molar-refractivity contribution in [2.45, 2.75) is 13.0 Å². The van der Waals surface area contributed by atoms with Crippen molar-refractivity contribution < 1.29 is 9.53 Å². The molecule has 0 saturated carbocycles. The van der Waals surface area contributed by atoms with Crippen molar-refractivity contribution in [2.24, 2.45) is 0 Å². The third kappa shape index (κ3) is 3.13. The molecule has 1 atom stereocenters. The van der Waals surface area contributed by atoms with Gasteiger partial charge in [-0.05, 0) is 24.1 Å². The first-order chi connectivity index (χ1) is 9.61. The highest BCUT2D eigenvalue weighted by Gasteiger charge is 2.20. The molecule has 0 radical (unpaired) electrons. The number of rotatable bonds is 4. The number of benzene rings is 1. The molecule has 3 N–H and O–H groups in total. The molecule has 1 heterocycles. The van der Waals surface area contributed by atoms with Gasteiger partial charge in [-0.1, -0.05) is 30.3 Å². The molecule has 5 heteroatoms. The van der Waals surface area contributed by atoms with Gasteiger partial charge in [-0.3, -0.25) is 4.79 Å². The van der Waals surface area contributed by atoms with E-state index in [-0.39, 0.29) is 5.91 Å². The van der Waals surface area contributed by atoms with E-state index in [1.807, 2.05) is 37.3 Å². The lowest BCUT2D eigenvalue weighted by molar-refractivity contribution is -0.126. The van der Waals surface area contributed by atoms with E-state index >= 15 is 0 Å². The summed E-state index contributed by atoms with van der Waals surface area (Å²) in [6.07, 6.45) is 0.836. The van der Waals surface area contributed by atoms with Gasteiger partial charge >= 0.3 is 0 Å². The van der Waals surface area contributed by atoms with Crippen LogP contribution in [0.25, 0.3) is 0 Å². The number of hydrogen-bond acceptors (Lipinski definition) is 4. The van der Waals surface area contributed by atoms with Crippen molar-refractivity contribution >= 4 is 17.4 Å². The maximum absolute atomic E-state index is 12.3. The maximum atomic E-state index is 12.3. The predicted molar refractivity (Wildman–Crippen MR) is 78.2 cm³/mol. The van der Waals surface area contributed by atoms with Crippen LogP contribution in [-0.4, -0.2) is 18.0 Å². The Morgan fingerprint density at radius 3 is 2.65 bits per heavy atom. The number of nitrogens with zero attached hydrogens (tertiary/aromatic N) is 1. The average molecular weight is 271 g/mol. The van der Waals surface area contributed by atoms with E-state index in [9.17, 15) is 4.79 Å². The highest BCUT2D eigenvalue weighted by molar-refractivity contribution is 5.94. The van der Waals surface area contributed by atoms with Crippen molar-refractivity contribution in [1.82, 2.24) is 4.98 Å². The fraction of sp³-hybridized carbons (Fsp3) is 0.200. The van der Waals surface area contributed by atoms with Gasteiger partial charge in [0, 0.05) is 7.11 Å². The third-order valence-electron chi connectivity index (χ3n) is 2.92. The number of ether oxygens (including phenoxy) is 1. The van der Waals surface area contributed by atoms with E-state index < -0.39 is 6.10 Å². The second kappa shape index (κ2) is 6.16. The normalized spacial score (nSPS) is 11.9. The van der Waals surface area contributed by atoms with Crippen molar-refractivity contribution in [3.05, 3.63) is 53.7 Å². The van der Waals surface area contributed by atoms with Gasteiger partial charge in [0.15, 0.2) is 6.10 Å². The number of nitrogens with two attached hydrogens (primary N) is 1. The molecule has 0 aliphatic heterocycles. The molecule has 1 aromatic carbocycles. The van der Waals surface area contributed by atoms with Gasteiger partial charge in [0.1, 0.15) is 5.82 Å². The van der Waals surface area contributed by atoms with Gasteiger partial charge in [-0.2, -0.15) is 0 Å². The van der Waals surface area contributed by atoms with Crippen LogP contribution in [0.1, 0.15) is 17.2 Å². The molecule has 104 valence electrons. The number of nitrogen functional groups attached to an aromatic ring is 1. The van der Waals surface area contributed by atoms with Gasteiger partial charge in [-0.15, -0.1) is 0 Å². The number of aryl methyl sites for hydroxylation is 1. The minimum absolute atomic E-state index is 0.265. The number of anilines is 2. The van der Waals surface area contributed by atoms with E-state index in [4.69, 9.17) is 10.5 Å². The quantitative estimate of drug-likeness (QED) is 0.894. The Morgan fingerprint density at radius 2 is 2.05 bits per heavy atom. The Morgan fingerprint density at radius 1 is 1.35 bits per heavy atom. The zero-order valence-corrected chi connectivity index (χ0v) is 11.5. The molecule has 1 aromatic heterocycles. The standard InChI is InChI=1S/C15H17N3O2/c1-10-8-12(16)9-17-14(10)18-15(19)13(20-2)11-6-4-3-5-7-11/h3-9,13H,16H2,1-2H3,(H,17,18,19). The molecule has 0 saturated heterocycles. The van der Waals surface area contributed by atoms with Crippen molar-refractivity contribution in [1.29, 1.82) is 0 Å². The van der Waals surface area contributed by atoms with E-state index in [0.29, 0.717) is 11.5 Å². The Hall–Kier alpha value is -2.40. The van der Waals surface area contributed by atoms with Crippen LogP contribution >= 0.6 is 0 Å². The van der Waals surface area contributed by atoms with E-state index in [0.717, 1.165) is 11.1 Å². The number of methoxy groups -OCH3 is 1. The molecule has 20 heavy (non-hydrogen) atoms. The second-order valence-corrected chi connectivity index (χ2v) is 4.45. The van der Waals surface area contributed by atoms with Crippen LogP contribution in [0, 0.1) is 6.92 Å². The second-order valence-electron chi connectivity index (χ2n) is 4.45. The van der Waals surface area contributed by atoms with Gasteiger partial charge in [0.25, 0.3) is 5.91 Å². The summed E-state index contributed by atoms with van der Waals surface area (Å²) in [6.45, 7) is 1.84. The van der Waals surface area contributed by atoms with Crippen molar-refractivity contribution in [3.8, 4) is 0 Å². The average Bonchev–Trinajstić information content (AvgIpc) is 2.44. The smallest absolute Gasteiger partial charge is 0.259 e. The molecule has 0 aliphatic rings. The third-order valence-corrected chi connectivity index (χ3v) is 2.92. The van der Waals surface area contributed by atoms with Gasteiger partial charge in [0.05, 0.1) is 11.9 Å². The van der Waals surface area contributed by atoms with Gasteiger partial charge in [-0.25, -0.2) is 4.98 Å². The van der Waals surface area contributed by atoms with Crippen LogP contribution in [0.4, 0.5) is 11.5 Å². The highest BCUT2D eigenvalue weighted by atomic mass is 16.5. The molecule has 1 unspecified atom stereocenters. The largest absolute Gasteiger partial charge is 0.397 e. The van der Waals surface area contributed by atoms with E-state index in [1.165, 1.54) is 13.3 Å². The molecule has 2 aromatic rings. The summed E-state index contributed by atoms with van der Waals surface area (Å²) in [7, 11) is 1.50. The van der Waals surface area contributed by atoms with Gasteiger partial charge < -0.3 is 15.8 Å². The topological polar surface area (TPSA) is 77.2 Å². The number of carbonyl (C=O) groups is 1. The minimum atomic E-state index is -0.671. The lowest BCUT2D eigenvalue weighted by atomic mass is 10.1. The Bertz CT molecular complexity index is 599. The number of pyridine rings is 1. The predicted octanol–water partition coefficient (Wildman–Crippen LogP) is 2.30. The fourth-order valence-corrected chi connectivity index (χ4v) is 1.93. The number of nitrogens with one attached hydrogen (secondary N) is 1. The summed E-state index contributed by atoms with van der Waals surface area (Å²) >= 11 is 0. The van der Waals surface area contributed by atoms with Crippen LogP contribution in [0.2, 0.25) is 0 Å². The first-order valence-electron chi connectivity index (χ1n) is 6.22. The molecule has 0 aliphatic carbocycles. The zero-order chi connectivity index (χ0) is 14.5. The summed E-state index contributed by atoms with van der Waals surface area (Å²) in [6, 6.07) is 11.1. The van der Waals surface area contributed by atoms with Crippen molar-refractivity contribution in [2.75, 3.05) is 18.2 Å². The summed E-state index contributed by atoms with van der Waals surface area (Å²) in [5.41, 5.74) is 7.80. The lowest BCUT2D eigenvalue weighted by Gasteiger charge is -2.16. The first-order valence-corrected chi connectivity index (χ1v) is 6.22. The Balaban J connectivity index is 2.18. The molecule has 2 rings (SSSR count). The zero-order valence-electron chi connectivity index (χ0n) is 11.5. The molecule has 0 bridgehead atoms. The Kier molecular flexibility index (Phi) is 4.32. The molecule has 1 amide bonds. The molecular formula is C15H17N3O2. The minimum Gasteiger partial charge on any atom is -0.397 e. The number of aromatic nitrogens is 1. The SMILES string of the molecule is COC(C(=O)Nc1ncc(N)cc1C)c1ccccc1. The van der Waals surface area contributed by atoms with Crippen LogP contribution < -0.4 is 11.1 Å². The summed E-state index contributed by atoms with van der Waals surface area (Å²) < 4.78 is 5.27. The highest BCUT2D eigenvalue weighted by Crippen LogP contribution is 2.20.